The minimum absolute atomic E-state index is 0.0136. The summed E-state index contributed by atoms with van der Waals surface area (Å²) in [5.41, 5.74) is -0.333. The maximum absolute atomic E-state index is 14.5. The first-order valence-corrected chi connectivity index (χ1v) is 15.7. The van der Waals surface area contributed by atoms with Crippen LogP contribution in [0, 0.1) is 5.41 Å². The smallest absolute Gasteiger partial charge is 0.410 e. The Balaban J connectivity index is 2.46. The Bertz CT molecular complexity index is 1510. The van der Waals surface area contributed by atoms with E-state index in [2.05, 4.69) is 10.6 Å². The lowest BCUT2D eigenvalue weighted by atomic mass is 9.76. The second kappa shape index (κ2) is 15.0. The molecule has 1 aromatic carbocycles. The number of nitrogens with one attached hydrogen (secondary N) is 2. The van der Waals surface area contributed by atoms with Gasteiger partial charge in [-0.3, -0.25) is 24.1 Å². The van der Waals surface area contributed by atoms with E-state index >= 15 is 0 Å². The molecule has 47 heavy (non-hydrogen) atoms. The molecule has 12 nitrogen and oxygen atoms in total. The van der Waals surface area contributed by atoms with Gasteiger partial charge in [0, 0.05) is 62.3 Å². The minimum Gasteiger partial charge on any atom is -0.481 e. The Morgan fingerprint density at radius 3 is 2.15 bits per heavy atom. The van der Waals surface area contributed by atoms with Gasteiger partial charge in [0.15, 0.2) is 0 Å². The molecule has 260 valence electrons. The van der Waals surface area contributed by atoms with E-state index in [-0.39, 0.29) is 25.4 Å². The van der Waals surface area contributed by atoms with Crippen molar-refractivity contribution in [1.29, 1.82) is 0 Å². The van der Waals surface area contributed by atoms with Crippen LogP contribution in [0.5, 0.6) is 0 Å². The van der Waals surface area contributed by atoms with Crippen LogP contribution in [0.1, 0.15) is 74.3 Å². The zero-order valence-electron chi connectivity index (χ0n) is 30.0. The number of nitrogens with zero attached hydrogens (tertiary/aromatic N) is 3. The van der Waals surface area contributed by atoms with Crippen LogP contribution in [0.2, 0.25) is 0 Å². The van der Waals surface area contributed by atoms with Gasteiger partial charge in [0.2, 0.25) is 17.7 Å². The van der Waals surface area contributed by atoms with Crippen molar-refractivity contribution in [2.75, 3.05) is 27.2 Å². The number of carbonyl (C=O) groups excluding carboxylic acids is 4. The van der Waals surface area contributed by atoms with Crippen LogP contribution in [-0.2, 0) is 36.4 Å². The van der Waals surface area contributed by atoms with Crippen molar-refractivity contribution >= 4 is 40.7 Å². The lowest BCUT2D eigenvalue weighted by Crippen LogP contribution is -2.62. The standard InChI is InChI=1S/C35H53N5O7/c1-22(29(43)36-19-17-26(41)42)18-20-38(10)31(45)27(33(2,3)4)37-30(44)28(40(12)32(46)47-34(5,6)7)35(8,9)24-21-39(11)25-16-14-13-15-23(24)25/h13-16,18,21,27-28H,17,19-20H2,1-12H3,(H,36,43)(H,37,44)(H,41,42)/b22-18+/t27?,28-/m1/s1. The second-order valence-corrected chi connectivity index (χ2v) is 14.7. The zero-order valence-corrected chi connectivity index (χ0v) is 30.0. The molecule has 1 heterocycles. The largest absolute Gasteiger partial charge is 0.481 e. The van der Waals surface area contributed by atoms with Gasteiger partial charge < -0.3 is 29.9 Å². The Labute approximate surface area is 278 Å². The third kappa shape index (κ3) is 10.1. The Morgan fingerprint density at radius 2 is 1.60 bits per heavy atom. The van der Waals surface area contributed by atoms with E-state index in [1.165, 1.54) is 16.8 Å². The molecule has 0 aliphatic carbocycles. The highest BCUT2D eigenvalue weighted by Crippen LogP contribution is 2.37. The van der Waals surface area contributed by atoms with Crippen LogP contribution in [0.15, 0.2) is 42.1 Å². The summed E-state index contributed by atoms with van der Waals surface area (Å²) in [6, 6.07) is 5.76. The third-order valence-corrected chi connectivity index (χ3v) is 8.02. The fourth-order valence-electron chi connectivity index (χ4n) is 5.40. The summed E-state index contributed by atoms with van der Waals surface area (Å²) < 4.78 is 7.66. The first-order valence-electron chi connectivity index (χ1n) is 15.7. The molecule has 0 aliphatic heterocycles. The maximum atomic E-state index is 14.5. The summed E-state index contributed by atoms with van der Waals surface area (Å²) in [5, 5.41) is 15.2. The number of carboxylic acid groups (broad SMARTS) is 1. The van der Waals surface area contributed by atoms with Crippen LogP contribution in [0.3, 0.4) is 0 Å². The lowest BCUT2D eigenvalue weighted by Gasteiger charge is -2.41. The van der Waals surface area contributed by atoms with Gasteiger partial charge >= 0.3 is 12.1 Å². The van der Waals surface area contributed by atoms with Crippen LogP contribution < -0.4 is 10.6 Å². The molecule has 0 bridgehead atoms. The molecule has 0 fully saturated rings. The number of carboxylic acids is 1. The number of carbonyl (C=O) groups is 5. The number of ether oxygens (including phenoxy) is 1. The van der Waals surface area contributed by atoms with Crippen molar-refractivity contribution in [3.05, 3.63) is 47.7 Å². The molecule has 2 aromatic rings. The quantitative estimate of drug-likeness (QED) is 0.290. The number of fused-ring (bicyclic) bond motifs is 1. The van der Waals surface area contributed by atoms with Gasteiger partial charge in [0.25, 0.3) is 0 Å². The lowest BCUT2D eigenvalue weighted by molar-refractivity contribution is -0.140. The highest BCUT2D eigenvalue weighted by atomic mass is 16.6. The SMILES string of the molecule is C/C(=C\CN(C)C(=O)C(NC(=O)[C@@H](N(C)C(=O)OC(C)(C)C)C(C)(C)c1cn(C)c2ccccc12)C(C)(C)C)C(=O)NCCC(=O)O. The summed E-state index contributed by atoms with van der Waals surface area (Å²) in [4.78, 5) is 67.6. The van der Waals surface area contributed by atoms with Gasteiger partial charge in [0.1, 0.15) is 17.7 Å². The van der Waals surface area contributed by atoms with Gasteiger partial charge in [-0.25, -0.2) is 4.79 Å². The summed E-state index contributed by atoms with van der Waals surface area (Å²) in [6.07, 6.45) is 2.65. The van der Waals surface area contributed by atoms with Gasteiger partial charge in [-0.2, -0.15) is 0 Å². The topological polar surface area (TPSA) is 150 Å². The average molecular weight is 656 g/mol. The van der Waals surface area contributed by atoms with E-state index in [4.69, 9.17) is 9.84 Å². The molecule has 12 heteroatoms. The Morgan fingerprint density at radius 1 is 1.00 bits per heavy atom. The minimum atomic E-state index is -1.08. The van der Waals surface area contributed by atoms with Gasteiger partial charge in [0.05, 0.1) is 6.42 Å². The van der Waals surface area contributed by atoms with Crippen LogP contribution in [0.4, 0.5) is 4.79 Å². The molecule has 3 N–H and O–H groups in total. The monoisotopic (exact) mass is 655 g/mol. The number of hydrogen-bond donors (Lipinski definition) is 3. The highest BCUT2D eigenvalue weighted by Gasteiger charge is 2.46. The predicted octanol–water partition coefficient (Wildman–Crippen LogP) is 4.22. The van der Waals surface area contributed by atoms with E-state index in [0.29, 0.717) is 5.57 Å². The molecular weight excluding hydrogens is 602 g/mol. The van der Waals surface area contributed by atoms with E-state index < -0.39 is 52.4 Å². The van der Waals surface area contributed by atoms with Crippen molar-refractivity contribution in [1.82, 2.24) is 25.0 Å². The van der Waals surface area contributed by atoms with Crippen molar-refractivity contribution in [2.24, 2.45) is 12.5 Å². The molecule has 0 radical (unpaired) electrons. The third-order valence-electron chi connectivity index (χ3n) is 8.02. The fraction of sp³-hybridized carbons (Fsp3) is 0.571. The van der Waals surface area contributed by atoms with E-state index in [0.717, 1.165) is 16.5 Å². The summed E-state index contributed by atoms with van der Waals surface area (Å²) in [6.45, 7) is 16.2. The molecule has 2 rings (SSSR count). The average Bonchev–Trinajstić information content (AvgIpc) is 3.29. The van der Waals surface area contributed by atoms with E-state index in [1.807, 2.05) is 76.7 Å². The molecule has 1 unspecified atom stereocenters. The van der Waals surface area contributed by atoms with Crippen molar-refractivity contribution in [2.45, 2.75) is 91.8 Å². The number of aromatic nitrogens is 1. The normalized spacial score (nSPS) is 13.8. The molecular formula is C35H53N5O7. The molecule has 4 amide bonds. The number of likely N-dealkylation sites (N-methyl/N-ethyl adjacent to an activating group) is 2. The molecule has 0 saturated heterocycles. The number of rotatable bonds is 12. The number of aliphatic carboxylic acids is 1. The van der Waals surface area contributed by atoms with Crippen molar-refractivity contribution in [3.63, 3.8) is 0 Å². The van der Waals surface area contributed by atoms with Crippen molar-refractivity contribution < 1.29 is 33.8 Å². The fourth-order valence-corrected chi connectivity index (χ4v) is 5.40. The number of aryl methyl sites for hydroxylation is 1. The second-order valence-electron chi connectivity index (χ2n) is 14.7. The first kappa shape index (κ1) is 38.8. The Hall–Kier alpha value is -4.35. The summed E-state index contributed by atoms with van der Waals surface area (Å²) in [7, 11) is 5.03. The number of amides is 4. The van der Waals surface area contributed by atoms with Crippen LogP contribution in [0.25, 0.3) is 10.9 Å². The van der Waals surface area contributed by atoms with E-state index in [9.17, 15) is 24.0 Å². The molecule has 0 aliphatic rings. The molecule has 0 saturated carbocycles. The van der Waals surface area contributed by atoms with Crippen LogP contribution in [-0.4, -0.2) is 94.1 Å². The maximum Gasteiger partial charge on any atom is 0.410 e. The predicted molar refractivity (Wildman–Crippen MR) is 182 cm³/mol. The molecule has 0 spiro atoms. The zero-order chi connectivity index (χ0) is 36.1. The number of para-hydroxylation sites is 1. The van der Waals surface area contributed by atoms with Gasteiger partial charge in [-0.05, 0) is 44.7 Å². The number of hydrogen-bond acceptors (Lipinski definition) is 6. The molecule has 1 aromatic heterocycles. The summed E-state index contributed by atoms with van der Waals surface area (Å²) in [5.74, 6) is -2.37. The number of benzene rings is 1. The van der Waals surface area contributed by atoms with Gasteiger partial charge in [-0.15, -0.1) is 0 Å². The first-order chi connectivity index (χ1) is 21.5. The molecule has 2 atom stereocenters. The highest BCUT2D eigenvalue weighted by molar-refractivity contribution is 5.95. The van der Waals surface area contributed by atoms with Crippen molar-refractivity contribution in [3.8, 4) is 0 Å². The van der Waals surface area contributed by atoms with Gasteiger partial charge in [-0.1, -0.05) is 58.9 Å². The Kier molecular flexibility index (Phi) is 12.4. The van der Waals surface area contributed by atoms with E-state index in [1.54, 1.807) is 40.8 Å². The summed E-state index contributed by atoms with van der Waals surface area (Å²) >= 11 is 0. The van der Waals surface area contributed by atoms with Crippen LogP contribution >= 0.6 is 0 Å².